The van der Waals surface area contributed by atoms with Crippen LogP contribution in [0.25, 0.3) is 11.5 Å². The third kappa shape index (κ3) is 5.14. The predicted octanol–water partition coefficient (Wildman–Crippen LogP) is 2.57. The standard InChI is InChI=1S/C17H16N4O4S2/c1-11-19-17(25-21-11)12-3-8-16(18-9-12)26-10-15(22)20-13-4-6-14(7-5-13)27(2,23)24/h3-9H,10H2,1-2H3,(H,20,22). The molecule has 27 heavy (non-hydrogen) atoms. The molecule has 0 saturated heterocycles. The topological polar surface area (TPSA) is 115 Å². The molecular weight excluding hydrogens is 388 g/mol. The second-order valence-corrected chi connectivity index (χ2v) is 8.68. The monoisotopic (exact) mass is 404 g/mol. The number of sulfone groups is 1. The lowest BCUT2D eigenvalue weighted by molar-refractivity contribution is -0.113. The van der Waals surface area contributed by atoms with Crippen LogP contribution in [0.1, 0.15) is 5.82 Å². The van der Waals surface area contributed by atoms with Crippen molar-refractivity contribution in [1.82, 2.24) is 15.1 Å². The van der Waals surface area contributed by atoms with Gasteiger partial charge in [0.05, 0.1) is 21.2 Å². The lowest BCUT2D eigenvalue weighted by Crippen LogP contribution is -2.14. The Balaban J connectivity index is 1.54. The van der Waals surface area contributed by atoms with Crippen molar-refractivity contribution in [3.8, 4) is 11.5 Å². The number of benzene rings is 1. The van der Waals surface area contributed by atoms with E-state index >= 15 is 0 Å². The van der Waals surface area contributed by atoms with Crippen molar-refractivity contribution < 1.29 is 17.7 Å². The van der Waals surface area contributed by atoms with Crippen LogP contribution in [0, 0.1) is 6.92 Å². The maximum absolute atomic E-state index is 12.0. The Morgan fingerprint density at radius 1 is 1.19 bits per heavy atom. The van der Waals surface area contributed by atoms with Crippen LogP contribution in [-0.2, 0) is 14.6 Å². The summed E-state index contributed by atoms with van der Waals surface area (Å²) in [5.41, 5.74) is 1.23. The van der Waals surface area contributed by atoms with E-state index in [2.05, 4.69) is 20.4 Å². The smallest absolute Gasteiger partial charge is 0.259 e. The molecule has 0 fully saturated rings. The molecule has 3 aromatic rings. The molecule has 2 heterocycles. The Hall–Kier alpha value is -2.72. The largest absolute Gasteiger partial charge is 0.334 e. The molecule has 8 nitrogen and oxygen atoms in total. The molecule has 0 aliphatic carbocycles. The summed E-state index contributed by atoms with van der Waals surface area (Å²) in [6, 6.07) is 9.59. The summed E-state index contributed by atoms with van der Waals surface area (Å²) >= 11 is 1.28. The number of hydrogen-bond acceptors (Lipinski definition) is 8. The van der Waals surface area contributed by atoms with Crippen molar-refractivity contribution in [1.29, 1.82) is 0 Å². The number of aryl methyl sites for hydroxylation is 1. The van der Waals surface area contributed by atoms with Crippen LogP contribution in [0.15, 0.2) is 57.0 Å². The fourth-order valence-electron chi connectivity index (χ4n) is 2.13. The Kier molecular flexibility index (Phi) is 5.57. The third-order valence-electron chi connectivity index (χ3n) is 3.43. The van der Waals surface area contributed by atoms with Gasteiger partial charge in [0.15, 0.2) is 15.7 Å². The molecule has 140 valence electrons. The van der Waals surface area contributed by atoms with E-state index in [1.165, 1.54) is 23.9 Å². The first kappa shape index (κ1) is 19.1. The SMILES string of the molecule is Cc1noc(-c2ccc(SCC(=O)Nc3ccc(S(C)(=O)=O)cc3)nc2)n1. The van der Waals surface area contributed by atoms with Crippen molar-refractivity contribution in [2.45, 2.75) is 16.8 Å². The average molecular weight is 404 g/mol. The Morgan fingerprint density at radius 2 is 1.93 bits per heavy atom. The van der Waals surface area contributed by atoms with Gasteiger partial charge in [0.1, 0.15) is 0 Å². The van der Waals surface area contributed by atoms with Gasteiger partial charge in [-0.05, 0) is 43.3 Å². The molecular formula is C17H16N4O4S2. The molecule has 10 heteroatoms. The molecule has 1 aromatic carbocycles. The minimum atomic E-state index is -3.26. The average Bonchev–Trinajstić information content (AvgIpc) is 3.06. The zero-order chi connectivity index (χ0) is 19.4. The Morgan fingerprint density at radius 3 is 2.48 bits per heavy atom. The number of hydrogen-bond donors (Lipinski definition) is 1. The minimum absolute atomic E-state index is 0.167. The molecule has 1 N–H and O–H groups in total. The molecule has 3 rings (SSSR count). The maximum Gasteiger partial charge on any atom is 0.259 e. The fraction of sp³-hybridized carbons (Fsp3) is 0.176. The van der Waals surface area contributed by atoms with E-state index in [1.807, 2.05) is 0 Å². The summed E-state index contributed by atoms with van der Waals surface area (Å²) in [6.45, 7) is 1.73. The van der Waals surface area contributed by atoms with E-state index in [1.54, 1.807) is 37.4 Å². The second kappa shape index (κ2) is 7.89. The van der Waals surface area contributed by atoms with E-state index in [9.17, 15) is 13.2 Å². The van der Waals surface area contributed by atoms with Crippen LogP contribution in [0.3, 0.4) is 0 Å². The highest BCUT2D eigenvalue weighted by molar-refractivity contribution is 7.99. The molecule has 0 aliphatic rings. The number of carbonyl (C=O) groups is 1. The van der Waals surface area contributed by atoms with Gasteiger partial charge < -0.3 is 9.84 Å². The molecule has 0 bridgehead atoms. The number of carbonyl (C=O) groups excluding carboxylic acids is 1. The molecule has 0 atom stereocenters. The summed E-state index contributed by atoms with van der Waals surface area (Å²) in [5.74, 6) is 0.891. The Labute approximate surface area is 160 Å². The van der Waals surface area contributed by atoms with E-state index < -0.39 is 9.84 Å². The van der Waals surface area contributed by atoms with Gasteiger partial charge in [0, 0.05) is 18.1 Å². The number of nitrogens with zero attached hydrogens (tertiary/aromatic N) is 3. The molecule has 2 aromatic heterocycles. The number of rotatable bonds is 6. The van der Waals surface area contributed by atoms with Gasteiger partial charge in [0.2, 0.25) is 5.91 Å². The van der Waals surface area contributed by atoms with Crippen LogP contribution in [0.4, 0.5) is 5.69 Å². The van der Waals surface area contributed by atoms with Crippen LogP contribution in [0.2, 0.25) is 0 Å². The fourth-order valence-corrected chi connectivity index (χ4v) is 3.40. The summed E-state index contributed by atoms with van der Waals surface area (Å²) in [4.78, 5) is 20.6. The molecule has 0 aliphatic heterocycles. The number of thioether (sulfide) groups is 1. The lowest BCUT2D eigenvalue weighted by atomic mass is 10.3. The normalized spacial score (nSPS) is 11.3. The van der Waals surface area contributed by atoms with Crippen molar-refractivity contribution in [3.63, 3.8) is 0 Å². The quantitative estimate of drug-likeness (QED) is 0.623. The van der Waals surface area contributed by atoms with Crippen LogP contribution in [-0.4, -0.2) is 41.5 Å². The zero-order valence-corrected chi connectivity index (χ0v) is 16.2. The van der Waals surface area contributed by atoms with Gasteiger partial charge in [-0.3, -0.25) is 4.79 Å². The van der Waals surface area contributed by atoms with E-state index in [0.717, 1.165) is 6.26 Å². The minimum Gasteiger partial charge on any atom is -0.334 e. The first-order valence-electron chi connectivity index (χ1n) is 7.81. The first-order chi connectivity index (χ1) is 12.8. The van der Waals surface area contributed by atoms with E-state index in [0.29, 0.717) is 28.0 Å². The lowest BCUT2D eigenvalue weighted by Gasteiger charge is -2.06. The first-order valence-corrected chi connectivity index (χ1v) is 10.7. The molecule has 0 spiro atoms. The van der Waals surface area contributed by atoms with Gasteiger partial charge in [-0.2, -0.15) is 4.98 Å². The number of pyridine rings is 1. The highest BCUT2D eigenvalue weighted by Crippen LogP contribution is 2.21. The third-order valence-corrected chi connectivity index (χ3v) is 5.50. The van der Waals surface area contributed by atoms with Crippen molar-refractivity contribution >= 4 is 33.2 Å². The van der Waals surface area contributed by atoms with Crippen LogP contribution in [0.5, 0.6) is 0 Å². The van der Waals surface area contributed by atoms with Gasteiger partial charge in [0.25, 0.3) is 5.89 Å². The number of amides is 1. The highest BCUT2D eigenvalue weighted by Gasteiger charge is 2.10. The second-order valence-electron chi connectivity index (χ2n) is 5.67. The summed E-state index contributed by atoms with van der Waals surface area (Å²) < 4.78 is 27.9. The Bertz CT molecular complexity index is 1050. The number of anilines is 1. The summed E-state index contributed by atoms with van der Waals surface area (Å²) in [6.07, 6.45) is 2.74. The van der Waals surface area contributed by atoms with Gasteiger partial charge in [-0.1, -0.05) is 16.9 Å². The van der Waals surface area contributed by atoms with Crippen LogP contribution >= 0.6 is 11.8 Å². The number of nitrogens with one attached hydrogen (secondary N) is 1. The van der Waals surface area contributed by atoms with Crippen molar-refractivity contribution in [3.05, 3.63) is 48.4 Å². The van der Waals surface area contributed by atoms with Gasteiger partial charge >= 0.3 is 0 Å². The zero-order valence-electron chi connectivity index (χ0n) is 14.5. The van der Waals surface area contributed by atoms with Crippen molar-refractivity contribution in [2.24, 2.45) is 0 Å². The predicted molar refractivity (Wildman–Crippen MR) is 101 cm³/mol. The number of aromatic nitrogens is 3. The molecule has 0 radical (unpaired) electrons. The van der Waals surface area contributed by atoms with Crippen LogP contribution < -0.4 is 5.32 Å². The highest BCUT2D eigenvalue weighted by atomic mass is 32.2. The van der Waals surface area contributed by atoms with Gasteiger partial charge in [-0.15, -0.1) is 0 Å². The van der Waals surface area contributed by atoms with E-state index in [-0.39, 0.29) is 16.6 Å². The molecule has 0 unspecified atom stereocenters. The van der Waals surface area contributed by atoms with Gasteiger partial charge in [-0.25, -0.2) is 13.4 Å². The summed E-state index contributed by atoms with van der Waals surface area (Å²) in [7, 11) is -3.26. The summed E-state index contributed by atoms with van der Waals surface area (Å²) in [5, 5.41) is 7.12. The van der Waals surface area contributed by atoms with E-state index in [4.69, 9.17) is 4.52 Å². The maximum atomic E-state index is 12.0. The molecule has 0 saturated carbocycles. The van der Waals surface area contributed by atoms with Crippen molar-refractivity contribution in [2.75, 3.05) is 17.3 Å². The molecule has 1 amide bonds.